The van der Waals surface area contributed by atoms with Crippen LogP contribution in [0.15, 0.2) is 52.4 Å². The zero-order valence-corrected chi connectivity index (χ0v) is 13.9. The number of guanidine groups is 1. The maximum absolute atomic E-state index is 6.31. The fraction of sp³-hybridized carbons (Fsp3) is 0.263. The van der Waals surface area contributed by atoms with Crippen molar-refractivity contribution in [1.29, 1.82) is 0 Å². The fourth-order valence-corrected chi connectivity index (χ4v) is 4.00. The topological polar surface area (TPSA) is 72.4 Å². The van der Waals surface area contributed by atoms with E-state index < -0.39 is 5.54 Å². The van der Waals surface area contributed by atoms with Gasteiger partial charge in [-0.05, 0) is 24.6 Å². The zero-order chi connectivity index (χ0) is 17.0. The Hall–Kier alpha value is -3.02. The van der Waals surface area contributed by atoms with E-state index in [-0.39, 0.29) is 0 Å². The largest absolute Gasteiger partial charge is 0.496 e. The molecule has 3 heterocycles. The highest BCUT2D eigenvalue weighted by atomic mass is 16.5. The van der Waals surface area contributed by atoms with Crippen molar-refractivity contribution in [1.82, 2.24) is 4.90 Å². The summed E-state index contributed by atoms with van der Waals surface area (Å²) in [6.07, 6.45) is 0.965. The molecule has 1 spiro atoms. The number of fused-ring (bicyclic) bond motifs is 6. The van der Waals surface area contributed by atoms with Crippen LogP contribution in [-0.2, 0) is 5.54 Å². The Bertz CT molecular complexity index is 937. The molecule has 6 nitrogen and oxygen atoms in total. The maximum Gasteiger partial charge on any atom is 0.198 e. The molecule has 2 N–H and O–H groups in total. The number of nitrogens with two attached hydrogens (primary N) is 1. The van der Waals surface area contributed by atoms with E-state index in [1.807, 2.05) is 47.4 Å². The van der Waals surface area contributed by atoms with Gasteiger partial charge in [-0.2, -0.15) is 0 Å². The summed E-state index contributed by atoms with van der Waals surface area (Å²) >= 11 is 0. The van der Waals surface area contributed by atoms with Crippen molar-refractivity contribution in [2.75, 3.05) is 20.2 Å². The van der Waals surface area contributed by atoms with E-state index in [1.54, 1.807) is 7.11 Å². The minimum absolute atomic E-state index is 0.493. The molecule has 2 aromatic rings. The number of rotatable bonds is 1. The number of benzene rings is 2. The monoisotopic (exact) mass is 334 g/mol. The van der Waals surface area contributed by atoms with Crippen LogP contribution in [0.1, 0.15) is 17.5 Å². The molecule has 0 aliphatic carbocycles. The SMILES string of the molecule is COc1cccc2c1C1(N=C(N)N3CCCN=C31)c1ccccc1O2. The van der Waals surface area contributed by atoms with E-state index in [0.717, 1.165) is 53.7 Å². The Morgan fingerprint density at radius 2 is 2.00 bits per heavy atom. The van der Waals surface area contributed by atoms with Crippen LogP contribution >= 0.6 is 0 Å². The highest BCUT2D eigenvalue weighted by molar-refractivity contribution is 6.13. The van der Waals surface area contributed by atoms with Crippen molar-refractivity contribution in [3.8, 4) is 17.2 Å². The quantitative estimate of drug-likeness (QED) is 0.869. The normalized spacial score (nSPS) is 23.2. The van der Waals surface area contributed by atoms with Gasteiger partial charge in [-0.3, -0.25) is 9.89 Å². The number of hydrogen-bond acceptors (Lipinski definition) is 6. The van der Waals surface area contributed by atoms with E-state index in [0.29, 0.717) is 5.96 Å². The van der Waals surface area contributed by atoms with Crippen molar-refractivity contribution in [3.63, 3.8) is 0 Å². The van der Waals surface area contributed by atoms with Gasteiger partial charge in [0.15, 0.2) is 11.5 Å². The highest BCUT2D eigenvalue weighted by Gasteiger charge is 2.55. The van der Waals surface area contributed by atoms with Crippen LogP contribution in [0.3, 0.4) is 0 Å². The molecule has 1 atom stereocenters. The average molecular weight is 334 g/mol. The third-order valence-electron chi connectivity index (χ3n) is 5.01. The van der Waals surface area contributed by atoms with Crippen LogP contribution in [0.25, 0.3) is 0 Å². The summed E-state index contributed by atoms with van der Waals surface area (Å²) in [6.45, 7) is 1.59. The molecule has 0 bridgehead atoms. The van der Waals surface area contributed by atoms with Crippen LogP contribution < -0.4 is 15.2 Å². The molecule has 3 aliphatic heterocycles. The van der Waals surface area contributed by atoms with Crippen molar-refractivity contribution in [2.24, 2.45) is 15.7 Å². The van der Waals surface area contributed by atoms with Crippen LogP contribution in [0.4, 0.5) is 0 Å². The zero-order valence-electron chi connectivity index (χ0n) is 13.9. The third-order valence-corrected chi connectivity index (χ3v) is 5.01. The summed E-state index contributed by atoms with van der Waals surface area (Å²) in [5.41, 5.74) is 7.30. The number of amidine groups is 1. The molecule has 0 fully saturated rings. The first kappa shape index (κ1) is 14.3. The van der Waals surface area contributed by atoms with Gasteiger partial charge in [0.25, 0.3) is 0 Å². The van der Waals surface area contributed by atoms with E-state index >= 15 is 0 Å². The predicted molar refractivity (Wildman–Crippen MR) is 95.5 cm³/mol. The molecule has 0 saturated carbocycles. The lowest BCUT2D eigenvalue weighted by atomic mass is 9.79. The third kappa shape index (κ3) is 1.74. The first-order valence-electron chi connectivity index (χ1n) is 8.38. The summed E-state index contributed by atoms with van der Waals surface area (Å²) in [5.74, 6) is 3.57. The number of para-hydroxylation sites is 1. The summed E-state index contributed by atoms with van der Waals surface area (Å²) < 4.78 is 11.8. The molecular weight excluding hydrogens is 316 g/mol. The minimum Gasteiger partial charge on any atom is -0.496 e. The molecular formula is C19H18N4O2. The molecule has 126 valence electrons. The van der Waals surface area contributed by atoms with Crippen LogP contribution in [0.5, 0.6) is 17.2 Å². The van der Waals surface area contributed by atoms with E-state index in [2.05, 4.69) is 0 Å². The fourth-order valence-electron chi connectivity index (χ4n) is 4.00. The number of ether oxygens (including phenoxy) is 2. The van der Waals surface area contributed by atoms with Gasteiger partial charge < -0.3 is 15.2 Å². The molecule has 6 heteroatoms. The smallest absolute Gasteiger partial charge is 0.198 e. The molecule has 3 aliphatic rings. The van der Waals surface area contributed by atoms with E-state index in [4.69, 9.17) is 25.2 Å². The van der Waals surface area contributed by atoms with Crippen molar-refractivity contribution < 1.29 is 9.47 Å². The van der Waals surface area contributed by atoms with Crippen LogP contribution in [0, 0.1) is 0 Å². The van der Waals surface area contributed by atoms with Crippen molar-refractivity contribution >= 4 is 11.8 Å². The van der Waals surface area contributed by atoms with Crippen LogP contribution in [-0.4, -0.2) is 36.9 Å². The van der Waals surface area contributed by atoms with Gasteiger partial charge in [-0.25, -0.2) is 4.99 Å². The summed E-state index contributed by atoms with van der Waals surface area (Å²) in [6, 6.07) is 13.7. The summed E-state index contributed by atoms with van der Waals surface area (Å²) in [4.78, 5) is 11.8. The van der Waals surface area contributed by atoms with Gasteiger partial charge in [-0.15, -0.1) is 0 Å². The molecule has 1 unspecified atom stereocenters. The maximum atomic E-state index is 6.31. The second-order valence-electron chi connectivity index (χ2n) is 6.32. The summed E-state index contributed by atoms with van der Waals surface area (Å²) in [5, 5.41) is 0. The number of hydrogen-bond donors (Lipinski definition) is 1. The standard InChI is InChI=1S/C19H18N4O2/c1-24-14-8-4-9-15-16(14)19(12-6-2-3-7-13(12)25-15)17-21-10-5-11-23(17)18(20)22-19/h2-4,6-9H,5,10-11H2,1H3,(H2,20,22). The molecule has 0 amide bonds. The molecule has 5 rings (SSSR count). The Labute approximate surface area is 145 Å². The lowest BCUT2D eigenvalue weighted by molar-refractivity contribution is 0.379. The van der Waals surface area contributed by atoms with Gasteiger partial charge in [0, 0.05) is 18.7 Å². The minimum atomic E-state index is -0.818. The van der Waals surface area contributed by atoms with Gasteiger partial charge >= 0.3 is 0 Å². The Morgan fingerprint density at radius 1 is 1.16 bits per heavy atom. The Kier molecular flexibility index (Phi) is 2.86. The lowest BCUT2D eigenvalue weighted by Crippen LogP contribution is -2.47. The first-order chi connectivity index (χ1) is 12.3. The lowest BCUT2D eigenvalue weighted by Gasteiger charge is -2.37. The number of nitrogens with zero attached hydrogens (tertiary/aromatic N) is 3. The van der Waals surface area contributed by atoms with E-state index in [9.17, 15) is 0 Å². The Morgan fingerprint density at radius 3 is 2.88 bits per heavy atom. The van der Waals surface area contributed by atoms with Gasteiger partial charge in [0.05, 0.1) is 12.7 Å². The molecule has 2 aromatic carbocycles. The van der Waals surface area contributed by atoms with Crippen LogP contribution in [0.2, 0.25) is 0 Å². The number of methoxy groups -OCH3 is 1. The molecule has 25 heavy (non-hydrogen) atoms. The van der Waals surface area contributed by atoms with Gasteiger partial charge in [0.1, 0.15) is 23.1 Å². The Balaban J connectivity index is 1.90. The van der Waals surface area contributed by atoms with Gasteiger partial charge in [-0.1, -0.05) is 24.3 Å². The van der Waals surface area contributed by atoms with Gasteiger partial charge in [0.2, 0.25) is 0 Å². The summed E-state index contributed by atoms with van der Waals surface area (Å²) in [7, 11) is 1.66. The average Bonchev–Trinajstić information content (AvgIpc) is 2.95. The van der Waals surface area contributed by atoms with Crippen molar-refractivity contribution in [3.05, 3.63) is 53.6 Å². The number of aliphatic imine (C=N–C) groups is 2. The molecule has 0 saturated heterocycles. The predicted octanol–water partition coefficient (Wildman–Crippen LogP) is 2.48. The highest BCUT2D eigenvalue weighted by Crippen LogP contribution is 2.55. The second-order valence-corrected chi connectivity index (χ2v) is 6.32. The first-order valence-corrected chi connectivity index (χ1v) is 8.38. The molecule has 0 aromatic heterocycles. The second kappa shape index (κ2) is 4.99. The van der Waals surface area contributed by atoms with E-state index in [1.165, 1.54) is 0 Å². The van der Waals surface area contributed by atoms with Crippen molar-refractivity contribution in [2.45, 2.75) is 12.0 Å². The molecule has 0 radical (unpaired) electrons.